The fraction of sp³-hybridized carbons (Fsp3) is 0.533. The van der Waals surface area contributed by atoms with Gasteiger partial charge in [0.15, 0.2) is 5.82 Å². The maximum atomic E-state index is 10.9. The minimum atomic E-state index is 0.124. The Kier molecular flexibility index (Phi) is 2.67. The van der Waals surface area contributed by atoms with Crippen LogP contribution < -0.4 is 0 Å². The van der Waals surface area contributed by atoms with E-state index in [4.69, 9.17) is 0 Å². The molecule has 0 amide bonds. The predicted octanol–water partition coefficient (Wildman–Crippen LogP) is 1.85. The van der Waals surface area contributed by atoms with E-state index in [1.54, 1.807) is 4.68 Å². The largest absolute Gasteiger partial charge is 0.303 e. The van der Waals surface area contributed by atoms with Crippen LogP contribution in [0, 0.1) is 19.8 Å². The molecule has 0 unspecified atom stereocenters. The summed E-state index contributed by atoms with van der Waals surface area (Å²) in [6.07, 6.45) is 4.24. The SMILES string of the molecule is Cc1nc(C)n(-c2cc([C@H]3C[C@@H]3C=O)nc(C3CC3)n2)n1. The summed E-state index contributed by atoms with van der Waals surface area (Å²) in [7, 11) is 0. The molecule has 0 radical (unpaired) electrons. The first-order chi connectivity index (χ1) is 10.2. The van der Waals surface area contributed by atoms with Crippen LogP contribution in [0.2, 0.25) is 0 Å². The van der Waals surface area contributed by atoms with Gasteiger partial charge < -0.3 is 4.79 Å². The lowest BCUT2D eigenvalue weighted by Gasteiger charge is -2.08. The topological polar surface area (TPSA) is 73.6 Å². The number of hydrogen-bond donors (Lipinski definition) is 0. The van der Waals surface area contributed by atoms with Crippen molar-refractivity contribution >= 4 is 6.29 Å². The quantitative estimate of drug-likeness (QED) is 0.801. The zero-order chi connectivity index (χ0) is 14.6. The molecule has 0 aromatic carbocycles. The van der Waals surface area contributed by atoms with Crippen LogP contribution in [0.1, 0.15) is 54.3 Å². The fourth-order valence-electron chi connectivity index (χ4n) is 2.74. The van der Waals surface area contributed by atoms with Crippen molar-refractivity contribution in [3.8, 4) is 5.82 Å². The van der Waals surface area contributed by atoms with Crippen LogP contribution in [0.25, 0.3) is 5.82 Å². The van der Waals surface area contributed by atoms with E-state index in [1.807, 2.05) is 19.9 Å². The first-order valence-corrected chi connectivity index (χ1v) is 7.40. The van der Waals surface area contributed by atoms with Gasteiger partial charge in [-0.05, 0) is 33.1 Å². The molecule has 108 valence electrons. The lowest BCUT2D eigenvalue weighted by atomic mass is 10.2. The number of aldehydes is 1. The minimum Gasteiger partial charge on any atom is -0.303 e. The molecule has 21 heavy (non-hydrogen) atoms. The molecular weight excluding hydrogens is 266 g/mol. The van der Waals surface area contributed by atoms with E-state index in [0.29, 0.717) is 5.92 Å². The summed E-state index contributed by atoms with van der Waals surface area (Å²) >= 11 is 0. The number of carbonyl (C=O) groups is 1. The molecule has 0 aliphatic heterocycles. The van der Waals surface area contributed by atoms with E-state index in [2.05, 4.69) is 20.1 Å². The van der Waals surface area contributed by atoms with Gasteiger partial charge in [-0.1, -0.05) is 0 Å². The second-order valence-electron chi connectivity index (χ2n) is 6.04. The van der Waals surface area contributed by atoms with Gasteiger partial charge in [0.1, 0.15) is 23.8 Å². The summed E-state index contributed by atoms with van der Waals surface area (Å²) in [6, 6.07) is 1.96. The smallest absolute Gasteiger partial charge is 0.159 e. The van der Waals surface area contributed by atoms with Crippen LogP contribution in [0.5, 0.6) is 0 Å². The van der Waals surface area contributed by atoms with Gasteiger partial charge in [-0.3, -0.25) is 0 Å². The van der Waals surface area contributed by atoms with Gasteiger partial charge in [0.2, 0.25) is 0 Å². The maximum Gasteiger partial charge on any atom is 0.159 e. The molecule has 2 aromatic rings. The Morgan fingerprint density at radius 1 is 1.24 bits per heavy atom. The molecule has 2 aliphatic rings. The van der Waals surface area contributed by atoms with Crippen molar-refractivity contribution in [1.29, 1.82) is 0 Å². The zero-order valence-electron chi connectivity index (χ0n) is 12.2. The molecule has 0 N–H and O–H groups in total. The summed E-state index contributed by atoms with van der Waals surface area (Å²) in [5.74, 6) is 4.08. The van der Waals surface area contributed by atoms with Crippen molar-refractivity contribution in [3.63, 3.8) is 0 Å². The van der Waals surface area contributed by atoms with Gasteiger partial charge in [-0.2, -0.15) is 4.68 Å². The molecule has 6 nitrogen and oxygen atoms in total. The average Bonchev–Trinajstić information content (AvgIpc) is 3.37. The monoisotopic (exact) mass is 283 g/mol. The second kappa shape index (κ2) is 4.44. The molecule has 4 rings (SSSR count). The molecule has 2 aliphatic carbocycles. The highest BCUT2D eigenvalue weighted by molar-refractivity contribution is 5.61. The molecule has 2 aromatic heterocycles. The summed E-state index contributed by atoms with van der Waals surface area (Å²) in [6.45, 7) is 3.79. The van der Waals surface area contributed by atoms with Gasteiger partial charge in [0, 0.05) is 23.8 Å². The standard InChI is InChI=1S/C15H17N5O/c1-8-16-9(2)20(19-8)14-6-13(12-5-11(12)7-21)17-15(18-14)10-3-4-10/h6-7,10-12H,3-5H2,1-2H3/t11-,12+/m1/s1. The molecule has 0 spiro atoms. The number of rotatable bonds is 4. The Labute approximate surface area is 122 Å². The zero-order valence-corrected chi connectivity index (χ0v) is 12.2. The number of carbonyl (C=O) groups excluding carboxylic acids is 1. The highest BCUT2D eigenvalue weighted by Crippen LogP contribution is 2.46. The van der Waals surface area contributed by atoms with Crippen molar-refractivity contribution in [2.24, 2.45) is 5.92 Å². The highest BCUT2D eigenvalue weighted by atomic mass is 16.1. The van der Waals surface area contributed by atoms with E-state index >= 15 is 0 Å². The van der Waals surface area contributed by atoms with Crippen molar-refractivity contribution < 1.29 is 4.79 Å². The van der Waals surface area contributed by atoms with E-state index in [0.717, 1.165) is 54.5 Å². The van der Waals surface area contributed by atoms with Gasteiger partial charge in [-0.25, -0.2) is 15.0 Å². The van der Waals surface area contributed by atoms with Crippen LogP contribution in [0.3, 0.4) is 0 Å². The number of nitrogens with zero attached hydrogens (tertiary/aromatic N) is 5. The van der Waals surface area contributed by atoms with Crippen LogP contribution in [-0.2, 0) is 4.79 Å². The Morgan fingerprint density at radius 2 is 2.05 bits per heavy atom. The summed E-state index contributed by atoms with van der Waals surface area (Å²) in [5.41, 5.74) is 0.978. The summed E-state index contributed by atoms with van der Waals surface area (Å²) in [5, 5.41) is 4.41. The fourth-order valence-corrected chi connectivity index (χ4v) is 2.74. The molecule has 0 bridgehead atoms. The van der Waals surface area contributed by atoms with Crippen LogP contribution >= 0.6 is 0 Å². The molecule has 2 atom stereocenters. The third-order valence-corrected chi connectivity index (χ3v) is 4.18. The molecule has 6 heteroatoms. The maximum absolute atomic E-state index is 10.9. The lowest BCUT2D eigenvalue weighted by Crippen LogP contribution is -2.08. The lowest BCUT2D eigenvalue weighted by molar-refractivity contribution is -0.108. The van der Waals surface area contributed by atoms with E-state index in [-0.39, 0.29) is 11.8 Å². The van der Waals surface area contributed by atoms with Crippen LogP contribution in [-0.4, -0.2) is 31.0 Å². The van der Waals surface area contributed by atoms with E-state index < -0.39 is 0 Å². The van der Waals surface area contributed by atoms with Gasteiger partial charge >= 0.3 is 0 Å². The molecule has 2 fully saturated rings. The number of aryl methyl sites for hydroxylation is 2. The van der Waals surface area contributed by atoms with Gasteiger partial charge in [0.05, 0.1) is 5.69 Å². The molecule has 2 heterocycles. The van der Waals surface area contributed by atoms with Crippen LogP contribution in [0.4, 0.5) is 0 Å². The van der Waals surface area contributed by atoms with E-state index in [1.165, 1.54) is 0 Å². The van der Waals surface area contributed by atoms with Crippen molar-refractivity contribution in [2.75, 3.05) is 0 Å². The van der Waals surface area contributed by atoms with Crippen molar-refractivity contribution in [3.05, 3.63) is 29.2 Å². The molecular formula is C15H17N5O. The molecule has 2 saturated carbocycles. The second-order valence-corrected chi connectivity index (χ2v) is 6.04. The van der Waals surface area contributed by atoms with Crippen molar-refractivity contribution in [1.82, 2.24) is 24.7 Å². The Balaban J connectivity index is 1.79. The Hall–Kier alpha value is -2.11. The summed E-state index contributed by atoms with van der Waals surface area (Å²) in [4.78, 5) is 24.6. The predicted molar refractivity (Wildman–Crippen MR) is 75.3 cm³/mol. The third-order valence-electron chi connectivity index (χ3n) is 4.18. The van der Waals surface area contributed by atoms with Gasteiger partial charge in [-0.15, -0.1) is 5.10 Å². The van der Waals surface area contributed by atoms with E-state index in [9.17, 15) is 4.79 Å². The molecule has 0 saturated heterocycles. The average molecular weight is 283 g/mol. The highest BCUT2D eigenvalue weighted by Gasteiger charge is 2.40. The first-order valence-electron chi connectivity index (χ1n) is 7.40. The first kappa shape index (κ1) is 12.6. The number of hydrogen-bond acceptors (Lipinski definition) is 5. The third kappa shape index (κ3) is 2.24. The normalized spacial score (nSPS) is 24.1. The van der Waals surface area contributed by atoms with Crippen LogP contribution in [0.15, 0.2) is 6.07 Å². The number of aromatic nitrogens is 5. The van der Waals surface area contributed by atoms with Gasteiger partial charge in [0.25, 0.3) is 0 Å². The Bertz CT molecular complexity index is 719. The Morgan fingerprint density at radius 3 is 2.62 bits per heavy atom. The summed E-state index contributed by atoms with van der Waals surface area (Å²) < 4.78 is 1.77. The minimum absolute atomic E-state index is 0.124. The van der Waals surface area contributed by atoms with Crippen molar-refractivity contribution in [2.45, 2.75) is 44.9 Å².